The SMILES string of the molecule is Cc1cc([N+](=O)[O-])nn1Cc1ccc(C(=O)OCC(=O)Nc2ccccc2F)cc1. The van der Waals surface area contributed by atoms with Crippen molar-refractivity contribution in [2.24, 2.45) is 0 Å². The van der Waals surface area contributed by atoms with Gasteiger partial charge in [-0.15, -0.1) is 0 Å². The van der Waals surface area contributed by atoms with E-state index in [1.165, 1.54) is 41.1 Å². The Kier molecular flexibility index (Phi) is 6.16. The Hall–Kier alpha value is -4.08. The molecule has 0 bridgehead atoms. The van der Waals surface area contributed by atoms with Gasteiger partial charge in [0.05, 0.1) is 34.7 Å². The van der Waals surface area contributed by atoms with Crippen molar-refractivity contribution >= 4 is 23.4 Å². The first kappa shape index (κ1) is 20.6. The first-order valence-corrected chi connectivity index (χ1v) is 8.83. The Balaban J connectivity index is 1.55. The molecule has 154 valence electrons. The molecule has 0 saturated carbocycles. The summed E-state index contributed by atoms with van der Waals surface area (Å²) in [7, 11) is 0. The molecular formula is C20H17FN4O5. The first-order chi connectivity index (χ1) is 14.3. The second-order valence-electron chi connectivity index (χ2n) is 6.36. The Morgan fingerprint density at radius 1 is 1.20 bits per heavy atom. The average molecular weight is 412 g/mol. The van der Waals surface area contributed by atoms with Gasteiger partial charge in [0, 0.05) is 0 Å². The van der Waals surface area contributed by atoms with Crippen molar-refractivity contribution in [1.29, 1.82) is 0 Å². The number of carbonyl (C=O) groups is 2. The van der Waals surface area contributed by atoms with Crippen molar-refractivity contribution in [2.45, 2.75) is 13.5 Å². The topological polar surface area (TPSA) is 116 Å². The number of hydrogen-bond acceptors (Lipinski definition) is 6. The maximum atomic E-state index is 13.5. The van der Waals surface area contributed by atoms with Gasteiger partial charge >= 0.3 is 11.8 Å². The third kappa shape index (κ3) is 5.04. The van der Waals surface area contributed by atoms with E-state index in [9.17, 15) is 24.1 Å². The normalized spacial score (nSPS) is 10.5. The molecule has 2 aromatic carbocycles. The molecule has 1 heterocycles. The van der Waals surface area contributed by atoms with Crippen LogP contribution in [0.4, 0.5) is 15.9 Å². The summed E-state index contributed by atoms with van der Waals surface area (Å²) in [5.41, 5.74) is 1.62. The zero-order chi connectivity index (χ0) is 21.7. The molecule has 0 aliphatic carbocycles. The number of rotatable bonds is 7. The second kappa shape index (κ2) is 8.95. The van der Waals surface area contributed by atoms with Gasteiger partial charge in [-0.3, -0.25) is 4.79 Å². The van der Waals surface area contributed by atoms with E-state index in [4.69, 9.17) is 4.74 Å². The number of nitrogens with zero attached hydrogens (tertiary/aromatic N) is 3. The van der Waals surface area contributed by atoms with Gasteiger partial charge < -0.3 is 20.2 Å². The van der Waals surface area contributed by atoms with E-state index >= 15 is 0 Å². The highest BCUT2D eigenvalue weighted by Gasteiger charge is 2.16. The predicted octanol–water partition coefficient (Wildman–Crippen LogP) is 3.08. The Morgan fingerprint density at radius 3 is 2.53 bits per heavy atom. The fourth-order valence-electron chi connectivity index (χ4n) is 2.62. The van der Waals surface area contributed by atoms with Crippen LogP contribution >= 0.6 is 0 Å². The number of aromatic nitrogens is 2. The summed E-state index contributed by atoms with van der Waals surface area (Å²) >= 11 is 0. The molecule has 30 heavy (non-hydrogen) atoms. The summed E-state index contributed by atoms with van der Waals surface area (Å²) in [5.74, 6) is -2.20. The number of hydrogen-bond donors (Lipinski definition) is 1. The number of nitro groups is 1. The molecular weight excluding hydrogens is 395 g/mol. The molecule has 0 fully saturated rings. The first-order valence-electron chi connectivity index (χ1n) is 8.83. The van der Waals surface area contributed by atoms with Crippen molar-refractivity contribution in [2.75, 3.05) is 11.9 Å². The van der Waals surface area contributed by atoms with Gasteiger partial charge in [-0.1, -0.05) is 24.3 Å². The van der Waals surface area contributed by atoms with E-state index in [0.29, 0.717) is 12.2 Å². The number of aryl methyl sites for hydroxylation is 1. The zero-order valence-electron chi connectivity index (χ0n) is 15.9. The van der Waals surface area contributed by atoms with Gasteiger partial charge in [0.2, 0.25) is 0 Å². The summed E-state index contributed by atoms with van der Waals surface area (Å²) < 4.78 is 19.9. The fourth-order valence-corrected chi connectivity index (χ4v) is 2.62. The van der Waals surface area contributed by atoms with Crippen molar-refractivity contribution in [3.63, 3.8) is 0 Å². The van der Waals surface area contributed by atoms with E-state index in [-0.39, 0.29) is 17.1 Å². The summed E-state index contributed by atoms with van der Waals surface area (Å²) in [5, 5.41) is 17.0. The Morgan fingerprint density at radius 2 is 1.90 bits per heavy atom. The quantitative estimate of drug-likeness (QED) is 0.362. The number of benzene rings is 2. The second-order valence-corrected chi connectivity index (χ2v) is 6.36. The molecule has 0 spiro atoms. The van der Waals surface area contributed by atoms with Gasteiger partial charge in [-0.05, 0) is 41.7 Å². The van der Waals surface area contributed by atoms with Crippen LogP contribution in [0.2, 0.25) is 0 Å². The Bertz CT molecular complexity index is 1090. The van der Waals surface area contributed by atoms with E-state index < -0.39 is 29.2 Å². The standard InChI is InChI=1S/C20H17FN4O5/c1-13-10-18(25(28)29)23-24(13)11-14-6-8-15(9-7-14)20(27)30-12-19(26)22-17-5-3-2-4-16(17)21/h2-10H,11-12H2,1H3,(H,22,26). The molecule has 0 unspecified atom stereocenters. The number of nitrogens with one attached hydrogen (secondary N) is 1. The van der Waals surface area contributed by atoms with E-state index in [2.05, 4.69) is 10.4 Å². The number of carbonyl (C=O) groups excluding carboxylic acids is 2. The lowest BCUT2D eigenvalue weighted by atomic mass is 10.1. The third-order valence-corrected chi connectivity index (χ3v) is 4.16. The molecule has 10 heteroatoms. The molecule has 3 aromatic rings. The lowest BCUT2D eigenvalue weighted by Crippen LogP contribution is -2.21. The van der Waals surface area contributed by atoms with Gasteiger partial charge in [0.25, 0.3) is 5.91 Å². The number of para-hydroxylation sites is 1. The molecule has 0 saturated heterocycles. The van der Waals surface area contributed by atoms with Crippen molar-refractivity contribution in [1.82, 2.24) is 9.78 Å². The highest BCUT2D eigenvalue weighted by molar-refractivity contribution is 5.95. The lowest BCUT2D eigenvalue weighted by molar-refractivity contribution is -0.389. The van der Waals surface area contributed by atoms with Crippen LogP contribution < -0.4 is 5.32 Å². The van der Waals surface area contributed by atoms with Crippen molar-refractivity contribution in [3.8, 4) is 0 Å². The number of amides is 1. The minimum absolute atomic E-state index is 0.00273. The molecule has 9 nitrogen and oxygen atoms in total. The molecule has 0 aliphatic heterocycles. The molecule has 0 aliphatic rings. The predicted molar refractivity (Wildman–Crippen MR) is 104 cm³/mol. The summed E-state index contributed by atoms with van der Waals surface area (Å²) in [4.78, 5) is 34.2. The lowest BCUT2D eigenvalue weighted by Gasteiger charge is -2.08. The van der Waals surface area contributed by atoms with E-state index in [1.807, 2.05) is 0 Å². The fraction of sp³-hybridized carbons (Fsp3) is 0.150. The van der Waals surface area contributed by atoms with Gasteiger partial charge in [0.15, 0.2) is 6.61 Å². The number of anilines is 1. The van der Waals surface area contributed by atoms with Crippen LogP contribution in [-0.2, 0) is 16.1 Å². The summed E-state index contributed by atoms with van der Waals surface area (Å²) in [6.07, 6.45) is 0. The van der Waals surface area contributed by atoms with Crippen LogP contribution in [-0.4, -0.2) is 33.2 Å². The van der Waals surface area contributed by atoms with Crippen LogP contribution in [0.5, 0.6) is 0 Å². The average Bonchev–Trinajstić information content (AvgIpc) is 3.09. The third-order valence-electron chi connectivity index (χ3n) is 4.16. The molecule has 1 aromatic heterocycles. The Labute approximate surface area is 170 Å². The van der Waals surface area contributed by atoms with Crippen LogP contribution in [0.25, 0.3) is 0 Å². The highest BCUT2D eigenvalue weighted by atomic mass is 19.1. The van der Waals surface area contributed by atoms with Crippen LogP contribution in [0.1, 0.15) is 21.6 Å². The van der Waals surface area contributed by atoms with Crippen LogP contribution in [0, 0.1) is 22.9 Å². The number of esters is 1. The van der Waals surface area contributed by atoms with Gasteiger partial charge in [0.1, 0.15) is 5.82 Å². The van der Waals surface area contributed by atoms with Gasteiger partial charge in [-0.2, -0.15) is 4.68 Å². The van der Waals surface area contributed by atoms with E-state index in [1.54, 1.807) is 25.1 Å². The highest BCUT2D eigenvalue weighted by Crippen LogP contribution is 2.15. The van der Waals surface area contributed by atoms with Crippen LogP contribution in [0.3, 0.4) is 0 Å². The number of halogens is 1. The molecule has 1 N–H and O–H groups in total. The maximum Gasteiger partial charge on any atom is 0.390 e. The largest absolute Gasteiger partial charge is 0.452 e. The molecule has 0 radical (unpaired) electrons. The van der Waals surface area contributed by atoms with Crippen molar-refractivity contribution in [3.05, 3.63) is 87.3 Å². The minimum atomic E-state index is -0.712. The summed E-state index contributed by atoms with van der Waals surface area (Å²) in [6.45, 7) is 1.43. The zero-order valence-corrected chi connectivity index (χ0v) is 15.9. The number of ether oxygens (including phenoxy) is 1. The minimum Gasteiger partial charge on any atom is -0.452 e. The van der Waals surface area contributed by atoms with E-state index in [0.717, 1.165) is 5.56 Å². The van der Waals surface area contributed by atoms with Gasteiger partial charge in [-0.25, -0.2) is 9.18 Å². The molecule has 1 amide bonds. The summed E-state index contributed by atoms with van der Waals surface area (Å²) in [6, 6.07) is 13.4. The smallest absolute Gasteiger partial charge is 0.390 e. The maximum absolute atomic E-state index is 13.5. The molecule has 3 rings (SSSR count). The molecule has 0 atom stereocenters. The van der Waals surface area contributed by atoms with Crippen molar-refractivity contribution < 1.29 is 23.6 Å². The van der Waals surface area contributed by atoms with Crippen LogP contribution in [0.15, 0.2) is 54.6 Å². The monoisotopic (exact) mass is 412 g/mol.